The molecule has 0 aliphatic rings. The molecule has 0 aromatic carbocycles. The molecule has 0 fully saturated rings. The van der Waals surface area contributed by atoms with Crippen LogP contribution in [-0.4, -0.2) is 22.2 Å². The first-order chi connectivity index (χ1) is 10.3. The molecule has 0 amide bonds. The van der Waals surface area contributed by atoms with Crippen LogP contribution in [0.5, 0.6) is 0 Å². The second kappa shape index (κ2) is 14.4. The summed E-state index contributed by atoms with van der Waals surface area (Å²) in [5, 5.41) is 16.9. The lowest BCUT2D eigenvalue weighted by molar-refractivity contribution is -0.133. The Morgan fingerprint density at radius 2 is 1.36 bits per heavy atom. The Balaban J connectivity index is 0. The molecule has 1 atom stereocenters. The molecule has 0 rings (SSSR count). The number of unbranched alkanes of at least 4 members (excludes halogenated alkanes) is 1. The van der Waals surface area contributed by atoms with Crippen LogP contribution in [0.1, 0.15) is 72.1 Å². The molecule has 0 spiro atoms. The number of hydrogen-bond acceptors (Lipinski definition) is 2. The fourth-order valence-corrected chi connectivity index (χ4v) is 1.94. The Bertz CT molecular complexity index is 358. The Hall–Kier alpha value is -1.58. The minimum absolute atomic E-state index is 0.299. The molecule has 4 heteroatoms. The molecular formula is C18H32O4. The number of rotatable bonds is 11. The molecule has 2 N–H and O–H groups in total. The zero-order valence-corrected chi connectivity index (χ0v) is 14.4. The fourth-order valence-electron chi connectivity index (χ4n) is 1.94. The smallest absolute Gasteiger partial charge is 0.330 e. The van der Waals surface area contributed by atoms with E-state index in [-0.39, 0.29) is 0 Å². The van der Waals surface area contributed by atoms with Crippen LogP contribution in [0.15, 0.2) is 24.3 Å². The predicted molar refractivity (Wildman–Crippen MR) is 91.0 cm³/mol. The third-order valence-corrected chi connectivity index (χ3v) is 3.55. The Labute approximate surface area is 134 Å². The van der Waals surface area contributed by atoms with Gasteiger partial charge in [-0.15, -0.1) is 0 Å². The van der Waals surface area contributed by atoms with E-state index in [1.54, 1.807) is 0 Å². The summed E-state index contributed by atoms with van der Waals surface area (Å²) in [5.41, 5.74) is 0.646. The van der Waals surface area contributed by atoms with Crippen LogP contribution in [0.4, 0.5) is 0 Å². The Kier molecular flexibility index (Phi) is 14.8. The number of aliphatic carboxylic acids is 2. The van der Waals surface area contributed by atoms with Gasteiger partial charge < -0.3 is 10.2 Å². The third kappa shape index (κ3) is 13.4. The van der Waals surface area contributed by atoms with Gasteiger partial charge in [0.2, 0.25) is 0 Å². The zero-order valence-electron chi connectivity index (χ0n) is 14.4. The molecule has 0 aliphatic heterocycles. The van der Waals surface area contributed by atoms with Gasteiger partial charge in [0.15, 0.2) is 0 Å². The lowest BCUT2D eigenvalue weighted by Crippen LogP contribution is -2.04. The Morgan fingerprint density at radius 1 is 0.864 bits per heavy atom. The second-order valence-electron chi connectivity index (χ2n) is 5.52. The van der Waals surface area contributed by atoms with Crippen molar-refractivity contribution in [2.24, 2.45) is 5.92 Å². The second-order valence-corrected chi connectivity index (χ2v) is 5.52. The summed E-state index contributed by atoms with van der Waals surface area (Å²) in [6.07, 6.45) is 7.89. The van der Waals surface area contributed by atoms with Crippen molar-refractivity contribution in [3.05, 3.63) is 24.3 Å². The molecule has 0 aliphatic carbocycles. The summed E-state index contributed by atoms with van der Waals surface area (Å²) in [5.74, 6) is -1.06. The molecule has 0 bridgehead atoms. The summed E-state index contributed by atoms with van der Waals surface area (Å²) >= 11 is 0. The van der Waals surface area contributed by atoms with E-state index in [1.165, 1.54) is 19.3 Å². The highest BCUT2D eigenvalue weighted by Crippen LogP contribution is 2.20. The van der Waals surface area contributed by atoms with Gasteiger partial charge in [-0.3, -0.25) is 0 Å². The average Bonchev–Trinajstić information content (AvgIpc) is 2.47. The van der Waals surface area contributed by atoms with Crippen LogP contribution in [0, 0.1) is 5.92 Å². The summed E-state index contributed by atoms with van der Waals surface area (Å²) in [6.45, 7) is 13.2. The maximum Gasteiger partial charge on any atom is 0.330 e. The van der Waals surface area contributed by atoms with Crippen molar-refractivity contribution in [1.82, 2.24) is 0 Å². The summed E-state index contributed by atoms with van der Waals surface area (Å²) in [6, 6.07) is 0. The van der Waals surface area contributed by atoms with Gasteiger partial charge in [0.25, 0.3) is 0 Å². The predicted octanol–water partition coefficient (Wildman–Crippen LogP) is 5.05. The third-order valence-electron chi connectivity index (χ3n) is 3.55. The summed E-state index contributed by atoms with van der Waals surface area (Å²) < 4.78 is 0. The van der Waals surface area contributed by atoms with Crippen molar-refractivity contribution in [2.45, 2.75) is 72.1 Å². The molecule has 0 radical (unpaired) electrons. The maximum absolute atomic E-state index is 10.5. The molecular weight excluding hydrogens is 280 g/mol. The lowest BCUT2D eigenvalue weighted by Gasteiger charge is -2.13. The first kappa shape index (κ1) is 22.7. The number of carboxylic acid groups (broad SMARTS) is 2. The van der Waals surface area contributed by atoms with Gasteiger partial charge in [0.05, 0.1) is 0 Å². The number of carbonyl (C=O) groups is 2. The van der Waals surface area contributed by atoms with Gasteiger partial charge >= 0.3 is 11.9 Å². The van der Waals surface area contributed by atoms with Crippen LogP contribution < -0.4 is 0 Å². The number of carboxylic acids is 2. The first-order valence-corrected chi connectivity index (χ1v) is 8.12. The minimum Gasteiger partial charge on any atom is -0.478 e. The minimum atomic E-state index is -0.883. The molecule has 22 heavy (non-hydrogen) atoms. The van der Waals surface area contributed by atoms with E-state index < -0.39 is 11.9 Å². The van der Waals surface area contributed by atoms with Crippen LogP contribution >= 0.6 is 0 Å². The van der Waals surface area contributed by atoms with Gasteiger partial charge in [-0.2, -0.15) is 0 Å². The van der Waals surface area contributed by atoms with E-state index in [1.807, 2.05) is 6.92 Å². The molecule has 0 saturated carbocycles. The van der Waals surface area contributed by atoms with E-state index in [4.69, 9.17) is 10.2 Å². The first-order valence-electron chi connectivity index (χ1n) is 8.12. The monoisotopic (exact) mass is 312 g/mol. The standard InChI is InChI=1S/C12H22O2.C6H10O2/c1-4-6-7-11(5-2)9-8-10(3)12(13)14;1-3-4-5(2)6(7)8/h11H,3-9H2,1-2H3,(H,13,14);2-4H2,1H3,(H,7,8). The van der Waals surface area contributed by atoms with Gasteiger partial charge in [-0.1, -0.05) is 66.0 Å². The van der Waals surface area contributed by atoms with Crippen LogP contribution in [0.25, 0.3) is 0 Å². The Morgan fingerprint density at radius 3 is 1.68 bits per heavy atom. The van der Waals surface area contributed by atoms with Gasteiger partial charge in [-0.25, -0.2) is 9.59 Å². The highest BCUT2D eigenvalue weighted by Gasteiger charge is 2.09. The quantitative estimate of drug-likeness (QED) is 0.523. The molecule has 128 valence electrons. The molecule has 4 nitrogen and oxygen atoms in total. The van der Waals surface area contributed by atoms with Crippen molar-refractivity contribution >= 4 is 11.9 Å². The van der Waals surface area contributed by atoms with E-state index in [0.717, 1.165) is 19.3 Å². The van der Waals surface area contributed by atoms with Gasteiger partial charge in [0.1, 0.15) is 0 Å². The van der Waals surface area contributed by atoms with Crippen molar-refractivity contribution in [3.8, 4) is 0 Å². The largest absolute Gasteiger partial charge is 0.478 e. The molecule has 1 unspecified atom stereocenters. The summed E-state index contributed by atoms with van der Waals surface area (Å²) in [7, 11) is 0. The molecule has 0 aromatic heterocycles. The van der Waals surface area contributed by atoms with E-state index >= 15 is 0 Å². The highest BCUT2D eigenvalue weighted by molar-refractivity contribution is 5.85. The zero-order chi connectivity index (χ0) is 17.5. The van der Waals surface area contributed by atoms with Crippen LogP contribution in [0.3, 0.4) is 0 Å². The topological polar surface area (TPSA) is 74.6 Å². The van der Waals surface area contributed by atoms with Gasteiger partial charge in [-0.05, 0) is 25.2 Å². The summed E-state index contributed by atoms with van der Waals surface area (Å²) in [4.78, 5) is 20.5. The molecule has 0 aromatic rings. The van der Waals surface area contributed by atoms with Crippen molar-refractivity contribution < 1.29 is 19.8 Å². The maximum atomic E-state index is 10.5. The van der Waals surface area contributed by atoms with E-state index in [2.05, 4.69) is 27.0 Å². The van der Waals surface area contributed by atoms with Crippen molar-refractivity contribution in [2.75, 3.05) is 0 Å². The van der Waals surface area contributed by atoms with Crippen LogP contribution in [-0.2, 0) is 9.59 Å². The SMILES string of the molecule is C=C(CCC(CC)CCCC)C(=O)O.C=C(CCC)C(=O)O. The lowest BCUT2D eigenvalue weighted by atomic mass is 9.93. The molecule has 0 saturated heterocycles. The highest BCUT2D eigenvalue weighted by atomic mass is 16.4. The van der Waals surface area contributed by atoms with Gasteiger partial charge in [0, 0.05) is 11.1 Å². The number of hydrogen-bond donors (Lipinski definition) is 2. The van der Waals surface area contributed by atoms with Crippen molar-refractivity contribution in [3.63, 3.8) is 0 Å². The van der Waals surface area contributed by atoms with E-state index in [9.17, 15) is 9.59 Å². The van der Waals surface area contributed by atoms with Crippen molar-refractivity contribution in [1.29, 1.82) is 0 Å². The van der Waals surface area contributed by atoms with Crippen LogP contribution in [0.2, 0.25) is 0 Å². The average molecular weight is 312 g/mol. The normalized spacial score (nSPS) is 11.0. The fraction of sp³-hybridized carbons (Fsp3) is 0.667. The van der Waals surface area contributed by atoms with E-state index in [0.29, 0.717) is 29.9 Å². The molecule has 0 heterocycles.